The van der Waals surface area contributed by atoms with E-state index in [-0.39, 0.29) is 24.1 Å². The Bertz CT molecular complexity index is 704. The first kappa shape index (κ1) is 17.6. The lowest BCUT2D eigenvalue weighted by molar-refractivity contribution is -0.136. The number of hydrogen-bond donors (Lipinski definition) is 2. The Morgan fingerprint density at radius 3 is 2.84 bits per heavy atom. The van der Waals surface area contributed by atoms with Crippen molar-refractivity contribution in [2.24, 2.45) is 0 Å². The molecule has 0 saturated carbocycles. The number of hydrogen-bond acceptors (Lipinski definition) is 5. The van der Waals surface area contributed by atoms with Crippen molar-refractivity contribution in [3.05, 3.63) is 34.9 Å². The van der Waals surface area contributed by atoms with Crippen molar-refractivity contribution < 1.29 is 14.4 Å². The van der Waals surface area contributed by atoms with E-state index in [0.717, 1.165) is 30.8 Å². The van der Waals surface area contributed by atoms with Crippen LogP contribution >= 0.6 is 0 Å². The largest absolute Gasteiger partial charge is 0.322 e. The fourth-order valence-corrected chi connectivity index (χ4v) is 3.42. The topological polar surface area (TPSA) is 81.8 Å². The van der Waals surface area contributed by atoms with Gasteiger partial charge in [0.2, 0.25) is 11.8 Å². The van der Waals surface area contributed by atoms with Crippen LogP contribution in [0.3, 0.4) is 0 Å². The molecule has 7 nitrogen and oxygen atoms in total. The molecule has 1 aromatic rings. The number of carbonyl (C=O) groups is 3. The van der Waals surface area contributed by atoms with Crippen LogP contribution in [-0.4, -0.2) is 60.7 Å². The van der Waals surface area contributed by atoms with E-state index in [4.69, 9.17) is 0 Å². The highest BCUT2D eigenvalue weighted by molar-refractivity contribution is 6.05. The van der Waals surface area contributed by atoms with E-state index < -0.39 is 6.04 Å². The number of imide groups is 1. The van der Waals surface area contributed by atoms with Crippen molar-refractivity contribution in [2.45, 2.75) is 32.0 Å². The molecule has 2 aliphatic rings. The molecule has 2 N–H and O–H groups in total. The van der Waals surface area contributed by atoms with Gasteiger partial charge in [-0.25, -0.2) is 0 Å². The predicted molar refractivity (Wildman–Crippen MR) is 92.7 cm³/mol. The second-order valence-corrected chi connectivity index (χ2v) is 6.73. The van der Waals surface area contributed by atoms with Crippen molar-refractivity contribution in [3.63, 3.8) is 0 Å². The van der Waals surface area contributed by atoms with E-state index in [1.807, 2.05) is 19.2 Å². The average Bonchev–Trinajstić information content (AvgIpc) is 2.89. The Hall–Kier alpha value is -2.25. The van der Waals surface area contributed by atoms with Crippen LogP contribution in [0.2, 0.25) is 0 Å². The smallest absolute Gasteiger partial charge is 0.255 e. The number of nitrogens with zero attached hydrogens (tertiary/aromatic N) is 2. The van der Waals surface area contributed by atoms with Crippen molar-refractivity contribution in [1.29, 1.82) is 0 Å². The van der Waals surface area contributed by atoms with Crippen LogP contribution in [0.5, 0.6) is 0 Å². The number of benzene rings is 1. The first-order valence-electron chi connectivity index (χ1n) is 8.59. The summed E-state index contributed by atoms with van der Waals surface area (Å²) in [6.45, 7) is 3.09. The summed E-state index contributed by atoms with van der Waals surface area (Å²) in [4.78, 5) is 39.8. The first-order chi connectivity index (χ1) is 12.0. The highest BCUT2D eigenvalue weighted by Gasteiger charge is 2.38. The van der Waals surface area contributed by atoms with E-state index in [9.17, 15) is 14.4 Å². The number of fused-ring (bicyclic) bond motifs is 1. The molecular formula is C18H24N4O3. The highest BCUT2D eigenvalue weighted by Crippen LogP contribution is 2.28. The summed E-state index contributed by atoms with van der Waals surface area (Å²) >= 11 is 0. The quantitative estimate of drug-likeness (QED) is 0.716. The zero-order valence-electron chi connectivity index (χ0n) is 14.7. The van der Waals surface area contributed by atoms with Gasteiger partial charge in [-0.05, 0) is 37.7 Å². The molecule has 0 spiro atoms. The van der Waals surface area contributed by atoms with Gasteiger partial charge in [0.25, 0.3) is 5.91 Å². The van der Waals surface area contributed by atoms with Crippen LogP contribution in [0.1, 0.15) is 34.3 Å². The molecule has 3 rings (SSSR count). The minimum atomic E-state index is -0.556. The lowest BCUT2D eigenvalue weighted by Crippen LogP contribution is -2.52. The first-order valence-corrected chi connectivity index (χ1v) is 8.59. The van der Waals surface area contributed by atoms with Crippen LogP contribution < -0.4 is 10.6 Å². The summed E-state index contributed by atoms with van der Waals surface area (Å²) in [7, 11) is 3.99. The van der Waals surface area contributed by atoms with Crippen LogP contribution in [0.15, 0.2) is 18.2 Å². The third-order valence-electron chi connectivity index (χ3n) is 4.78. The third kappa shape index (κ3) is 3.72. The van der Waals surface area contributed by atoms with Gasteiger partial charge in [-0.2, -0.15) is 0 Å². The van der Waals surface area contributed by atoms with E-state index in [1.165, 1.54) is 0 Å². The Kier molecular flexibility index (Phi) is 5.15. The monoisotopic (exact) mass is 344 g/mol. The Morgan fingerprint density at radius 2 is 2.12 bits per heavy atom. The maximum absolute atomic E-state index is 12.6. The summed E-state index contributed by atoms with van der Waals surface area (Å²) in [5, 5.41) is 5.45. The molecule has 0 radical (unpaired) electrons. The highest BCUT2D eigenvalue weighted by atomic mass is 16.2. The molecule has 1 unspecified atom stereocenters. The van der Waals surface area contributed by atoms with Crippen molar-refractivity contribution in [3.8, 4) is 0 Å². The molecule has 0 aliphatic carbocycles. The molecule has 134 valence electrons. The number of piperidine rings is 1. The molecule has 2 heterocycles. The molecule has 1 atom stereocenters. The number of rotatable bonds is 6. The van der Waals surface area contributed by atoms with Crippen molar-refractivity contribution >= 4 is 17.7 Å². The molecule has 0 aromatic heterocycles. The minimum absolute atomic E-state index is 0.125. The van der Waals surface area contributed by atoms with Gasteiger partial charge in [0.05, 0.1) is 0 Å². The normalized spacial score (nSPS) is 20.2. The standard InChI is InChI=1S/C18H24N4O3/c1-19-7-8-21(2)10-12-3-4-14-13(9-12)11-22(18(14)25)15-5-6-16(23)20-17(15)24/h3-4,9,15,19H,5-8,10-11H2,1-2H3,(H,20,23,24). The molecule has 1 aromatic carbocycles. The maximum Gasteiger partial charge on any atom is 0.255 e. The van der Waals surface area contributed by atoms with Gasteiger partial charge in [0.1, 0.15) is 6.04 Å². The second kappa shape index (κ2) is 7.33. The molecule has 7 heteroatoms. The van der Waals surface area contributed by atoms with Crippen LogP contribution in [-0.2, 0) is 22.7 Å². The molecule has 1 saturated heterocycles. The number of carbonyl (C=O) groups excluding carboxylic acids is 3. The fraction of sp³-hybridized carbons (Fsp3) is 0.500. The lowest BCUT2D eigenvalue weighted by Gasteiger charge is -2.29. The SMILES string of the molecule is CNCCN(C)Cc1ccc2c(c1)CN(C1CCC(=O)NC1=O)C2=O. The van der Waals surface area contributed by atoms with Gasteiger partial charge in [0.15, 0.2) is 0 Å². The third-order valence-corrected chi connectivity index (χ3v) is 4.78. The van der Waals surface area contributed by atoms with Crippen LogP contribution in [0.25, 0.3) is 0 Å². The van der Waals surface area contributed by atoms with E-state index in [2.05, 4.69) is 28.6 Å². The molecule has 1 fully saturated rings. The number of likely N-dealkylation sites (N-methyl/N-ethyl adjacent to an activating group) is 2. The number of amides is 3. The fourth-order valence-electron chi connectivity index (χ4n) is 3.42. The van der Waals surface area contributed by atoms with Gasteiger partial charge in [-0.15, -0.1) is 0 Å². The lowest BCUT2D eigenvalue weighted by atomic mass is 10.0. The predicted octanol–water partition coefficient (Wildman–Crippen LogP) is 0.0988. The van der Waals surface area contributed by atoms with Gasteiger partial charge < -0.3 is 15.1 Å². The summed E-state index contributed by atoms with van der Waals surface area (Å²) in [5.74, 6) is -0.763. The van der Waals surface area contributed by atoms with Crippen molar-refractivity contribution in [2.75, 3.05) is 27.2 Å². The molecule has 3 amide bonds. The molecule has 0 bridgehead atoms. The maximum atomic E-state index is 12.6. The Labute approximate surface area is 147 Å². The molecular weight excluding hydrogens is 320 g/mol. The van der Waals surface area contributed by atoms with Gasteiger partial charge in [0, 0.05) is 38.2 Å². The summed E-state index contributed by atoms with van der Waals surface area (Å²) in [6, 6.07) is 5.32. The van der Waals surface area contributed by atoms with Crippen LogP contribution in [0, 0.1) is 0 Å². The second-order valence-electron chi connectivity index (χ2n) is 6.73. The van der Waals surface area contributed by atoms with E-state index in [0.29, 0.717) is 18.5 Å². The minimum Gasteiger partial charge on any atom is -0.322 e. The van der Waals surface area contributed by atoms with E-state index in [1.54, 1.807) is 4.90 Å². The summed E-state index contributed by atoms with van der Waals surface area (Å²) in [5.41, 5.74) is 2.76. The van der Waals surface area contributed by atoms with Gasteiger partial charge in [-0.1, -0.05) is 12.1 Å². The van der Waals surface area contributed by atoms with E-state index >= 15 is 0 Å². The van der Waals surface area contributed by atoms with Gasteiger partial charge >= 0.3 is 0 Å². The van der Waals surface area contributed by atoms with Crippen LogP contribution in [0.4, 0.5) is 0 Å². The van der Waals surface area contributed by atoms with Gasteiger partial charge in [-0.3, -0.25) is 19.7 Å². The molecule has 25 heavy (non-hydrogen) atoms. The zero-order valence-corrected chi connectivity index (χ0v) is 14.7. The summed E-state index contributed by atoms with van der Waals surface area (Å²) in [6.07, 6.45) is 0.669. The zero-order chi connectivity index (χ0) is 18.0. The Balaban J connectivity index is 1.71. The molecule has 2 aliphatic heterocycles. The Morgan fingerprint density at radius 1 is 1.32 bits per heavy atom. The number of nitrogens with one attached hydrogen (secondary N) is 2. The summed E-state index contributed by atoms with van der Waals surface area (Å²) < 4.78 is 0. The van der Waals surface area contributed by atoms with Crippen molar-refractivity contribution in [1.82, 2.24) is 20.4 Å². The average molecular weight is 344 g/mol.